The molecule has 1 aliphatic rings. The Bertz CT molecular complexity index is 634. The Morgan fingerprint density at radius 3 is 2.83 bits per heavy atom. The van der Waals surface area contributed by atoms with Crippen molar-refractivity contribution in [1.82, 2.24) is 5.32 Å². The van der Waals surface area contributed by atoms with Gasteiger partial charge in [-0.05, 0) is 24.6 Å². The third-order valence-electron chi connectivity index (χ3n) is 3.36. The van der Waals surface area contributed by atoms with Crippen LogP contribution in [-0.4, -0.2) is 42.1 Å². The first kappa shape index (κ1) is 17.1. The lowest BCUT2D eigenvalue weighted by molar-refractivity contribution is -0.137. The molecular formula is C15H17ClN2O5. The molecule has 23 heavy (non-hydrogen) atoms. The van der Waals surface area contributed by atoms with Gasteiger partial charge in [0.25, 0.3) is 5.91 Å². The van der Waals surface area contributed by atoms with Crippen molar-refractivity contribution in [2.24, 2.45) is 0 Å². The molecule has 2 amide bonds. The summed E-state index contributed by atoms with van der Waals surface area (Å²) in [6, 6.07) is 4.86. The predicted octanol–water partition coefficient (Wildman–Crippen LogP) is 1.43. The Morgan fingerprint density at radius 1 is 1.43 bits per heavy atom. The van der Waals surface area contributed by atoms with Gasteiger partial charge in [-0.15, -0.1) is 0 Å². The summed E-state index contributed by atoms with van der Waals surface area (Å²) in [4.78, 5) is 36.2. The number of halogens is 1. The van der Waals surface area contributed by atoms with Gasteiger partial charge in [-0.25, -0.2) is 0 Å². The minimum atomic E-state index is -1.00. The lowest BCUT2D eigenvalue weighted by Gasteiger charge is -2.33. The highest BCUT2D eigenvalue weighted by molar-refractivity contribution is 6.31. The van der Waals surface area contributed by atoms with Gasteiger partial charge in [-0.3, -0.25) is 19.3 Å². The zero-order valence-corrected chi connectivity index (χ0v) is 13.3. The second-order valence-corrected chi connectivity index (χ2v) is 5.48. The quantitative estimate of drug-likeness (QED) is 0.816. The molecule has 1 heterocycles. The Balaban J connectivity index is 2.15. The zero-order chi connectivity index (χ0) is 17.0. The van der Waals surface area contributed by atoms with Gasteiger partial charge in [0.2, 0.25) is 5.91 Å². The Labute approximate surface area is 138 Å². The number of hydrogen-bond donors (Lipinski definition) is 2. The smallest absolute Gasteiger partial charge is 0.305 e. The van der Waals surface area contributed by atoms with Crippen LogP contribution in [-0.2, 0) is 14.4 Å². The molecule has 0 saturated carbocycles. The number of nitrogens with one attached hydrogen (secondary N) is 1. The van der Waals surface area contributed by atoms with Gasteiger partial charge in [0.1, 0.15) is 12.3 Å². The number of fused-ring (bicyclic) bond motifs is 1. The van der Waals surface area contributed by atoms with Crippen molar-refractivity contribution in [1.29, 1.82) is 0 Å². The number of carbonyl (C=O) groups excluding carboxylic acids is 2. The molecule has 1 unspecified atom stereocenters. The maximum absolute atomic E-state index is 12.4. The van der Waals surface area contributed by atoms with E-state index in [9.17, 15) is 14.4 Å². The SMILES string of the molecule is CCC1Oc2ccc(Cl)cc2N(CC(=O)NCCC(=O)O)C1=O. The average molecular weight is 341 g/mol. The molecule has 1 aromatic rings. The second kappa shape index (κ2) is 7.32. The van der Waals surface area contributed by atoms with E-state index in [1.54, 1.807) is 18.2 Å². The molecular weight excluding hydrogens is 324 g/mol. The van der Waals surface area contributed by atoms with Crippen LogP contribution in [0.1, 0.15) is 19.8 Å². The third kappa shape index (κ3) is 4.13. The standard InChI is InChI=1S/C15H17ClN2O5/c1-2-11-15(22)18(8-13(19)17-6-5-14(20)21)10-7-9(16)3-4-12(10)23-11/h3-4,7,11H,2,5-6,8H2,1H3,(H,17,19)(H,20,21). The molecule has 8 heteroatoms. The van der Waals surface area contributed by atoms with Gasteiger partial charge in [0.05, 0.1) is 12.1 Å². The van der Waals surface area contributed by atoms with Crippen molar-refractivity contribution in [3.8, 4) is 5.75 Å². The van der Waals surface area contributed by atoms with Gasteiger partial charge in [-0.1, -0.05) is 18.5 Å². The fraction of sp³-hybridized carbons (Fsp3) is 0.400. The molecule has 0 aromatic heterocycles. The first-order valence-electron chi connectivity index (χ1n) is 7.18. The van der Waals surface area contributed by atoms with Crippen molar-refractivity contribution in [3.05, 3.63) is 23.2 Å². The minimum Gasteiger partial charge on any atom is -0.481 e. The summed E-state index contributed by atoms with van der Waals surface area (Å²) < 4.78 is 5.61. The number of rotatable bonds is 6. The van der Waals surface area contributed by atoms with E-state index in [1.807, 2.05) is 6.92 Å². The summed E-state index contributed by atoms with van der Waals surface area (Å²) in [7, 11) is 0. The predicted molar refractivity (Wildman–Crippen MR) is 83.8 cm³/mol. The first-order valence-corrected chi connectivity index (χ1v) is 7.56. The van der Waals surface area contributed by atoms with Gasteiger partial charge in [0.15, 0.2) is 6.10 Å². The van der Waals surface area contributed by atoms with E-state index in [0.717, 1.165) is 0 Å². The number of carbonyl (C=O) groups is 3. The van der Waals surface area contributed by atoms with Gasteiger partial charge in [-0.2, -0.15) is 0 Å². The Hall–Kier alpha value is -2.28. The molecule has 0 radical (unpaired) electrons. The zero-order valence-electron chi connectivity index (χ0n) is 12.5. The molecule has 0 fully saturated rings. The van der Waals surface area contributed by atoms with Crippen LogP contribution in [0.25, 0.3) is 0 Å². The molecule has 2 rings (SSSR count). The summed E-state index contributed by atoms with van der Waals surface area (Å²) in [6.07, 6.45) is -0.364. The van der Waals surface area contributed by atoms with Gasteiger partial charge >= 0.3 is 5.97 Å². The van der Waals surface area contributed by atoms with Crippen LogP contribution in [0.15, 0.2) is 18.2 Å². The maximum Gasteiger partial charge on any atom is 0.305 e. The molecule has 7 nitrogen and oxygen atoms in total. The fourth-order valence-corrected chi connectivity index (χ4v) is 2.39. The van der Waals surface area contributed by atoms with Gasteiger partial charge < -0.3 is 15.2 Å². The number of nitrogens with zero attached hydrogens (tertiary/aromatic N) is 1. The number of ether oxygens (including phenoxy) is 1. The monoisotopic (exact) mass is 340 g/mol. The molecule has 1 aliphatic heterocycles. The molecule has 0 aliphatic carbocycles. The second-order valence-electron chi connectivity index (χ2n) is 5.04. The van der Waals surface area contributed by atoms with Crippen molar-refractivity contribution in [3.63, 3.8) is 0 Å². The van der Waals surface area contributed by atoms with Crippen molar-refractivity contribution in [2.75, 3.05) is 18.0 Å². The van der Waals surface area contributed by atoms with Gasteiger partial charge in [0, 0.05) is 11.6 Å². The third-order valence-corrected chi connectivity index (χ3v) is 3.59. The van der Waals surface area contributed by atoms with Crippen LogP contribution in [0.4, 0.5) is 5.69 Å². The van der Waals surface area contributed by atoms with Crippen LogP contribution < -0.4 is 15.0 Å². The van der Waals surface area contributed by atoms with E-state index in [0.29, 0.717) is 22.9 Å². The average Bonchev–Trinajstić information content (AvgIpc) is 2.49. The molecule has 0 bridgehead atoms. The summed E-state index contributed by atoms with van der Waals surface area (Å²) in [5.74, 6) is -1.28. The van der Waals surface area contributed by atoms with E-state index in [-0.39, 0.29) is 25.4 Å². The summed E-state index contributed by atoms with van der Waals surface area (Å²) in [5.41, 5.74) is 0.431. The van der Waals surface area contributed by atoms with Crippen LogP contribution in [0, 0.1) is 0 Å². The Morgan fingerprint density at radius 2 is 2.17 bits per heavy atom. The lowest BCUT2D eigenvalue weighted by Crippen LogP contribution is -2.49. The molecule has 2 N–H and O–H groups in total. The summed E-state index contributed by atoms with van der Waals surface area (Å²) in [5, 5.41) is 11.5. The number of carboxylic acid groups (broad SMARTS) is 1. The number of hydrogen-bond acceptors (Lipinski definition) is 4. The molecule has 0 saturated heterocycles. The fourth-order valence-electron chi connectivity index (χ4n) is 2.23. The highest BCUT2D eigenvalue weighted by Crippen LogP contribution is 2.36. The highest BCUT2D eigenvalue weighted by atomic mass is 35.5. The minimum absolute atomic E-state index is 0.00626. The van der Waals surface area contributed by atoms with Crippen LogP contribution in [0.2, 0.25) is 5.02 Å². The van der Waals surface area contributed by atoms with E-state index < -0.39 is 18.0 Å². The Kier molecular flexibility index (Phi) is 5.44. The molecule has 1 atom stereocenters. The summed E-state index contributed by atoms with van der Waals surface area (Å²) in [6.45, 7) is 1.60. The van der Waals surface area contributed by atoms with E-state index in [4.69, 9.17) is 21.4 Å². The van der Waals surface area contributed by atoms with E-state index in [1.165, 1.54) is 4.90 Å². The van der Waals surface area contributed by atoms with Crippen molar-refractivity contribution >= 4 is 35.1 Å². The maximum atomic E-state index is 12.4. The van der Waals surface area contributed by atoms with Crippen LogP contribution in [0.3, 0.4) is 0 Å². The lowest BCUT2D eigenvalue weighted by atomic mass is 10.1. The number of amides is 2. The number of aliphatic carboxylic acids is 1. The van der Waals surface area contributed by atoms with E-state index >= 15 is 0 Å². The number of benzene rings is 1. The molecule has 0 spiro atoms. The van der Waals surface area contributed by atoms with Crippen molar-refractivity contribution in [2.45, 2.75) is 25.9 Å². The highest BCUT2D eigenvalue weighted by Gasteiger charge is 2.34. The van der Waals surface area contributed by atoms with Crippen molar-refractivity contribution < 1.29 is 24.2 Å². The number of carboxylic acids is 1. The normalized spacial score (nSPS) is 16.5. The first-order chi connectivity index (χ1) is 10.9. The summed E-state index contributed by atoms with van der Waals surface area (Å²) >= 11 is 5.96. The number of anilines is 1. The topological polar surface area (TPSA) is 95.9 Å². The van der Waals surface area contributed by atoms with Crippen LogP contribution >= 0.6 is 11.6 Å². The van der Waals surface area contributed by atoms with Crippen LogP contribution in [0.5, 0.6) is 5.75 Å². The van der Waals surface area contributed by atoms with E-state index in [2.05, 4.69) is 5.32 Å². The molecule has 124 valence electrons. The largest absolute Gasteiger partial charge is 0.481 e. The molecule has 1 aromatic carbocycles.